The summed E-state index contributed by atoms with van der Waals surface area (Å²) < 4.78 is 22.8. The molecule has 0 spiro atoms. The third-order valence-electron chi connectivity index (χ3n) is 5.06. The van der Waals surface area contributed by atoms with E-state index in [1.807, 2.05) is 11.0 Å². The zero-order valence-electron chi connectivity index (χ0n) is 14.3. The van der Waals surface area contributed by atoms with Crippen LogP contribution in [0.15, 0.2) is 12.3 Å². The molecule has 2 bridgehead atoms. The number of aliphatic hydroxyl groups is 1. The van der Waals surface area contributed by atoms with E-state index in [9.17, 15) is 5.11 Å². The number of hydrogen-bond acceptors (Lipinski definition) is 6. The molecule has 0 aliphatic carbocycles. The summed E-state index contributed by atoms with van der Waals surface area (Å²) in [6.07, 6.45) is 4.22. The molecule has 5 heterocycles. The number of piperidine rings is 1. The van der Waals surface area contributed by atoms with E-state index in [0.29, 0.717) is 36.4 Å². The van der Waals surface area contributed by atoms with Gasteiger partial charge in [-0.25, -0.2) is 9.07 Å². The number of piperazine rings is 1. The molecule has 25 heavy (non-hydrogen) atoms. The molecule has 5 rings (SSSR count). The van der Waals surface area contributed by atoms with Crippen LogP contribution in [0.4, 0.5) is 4.39 Å². The van der Waals surface area contributed by atoms with Gasteiger partial charge in [0.1, 0.15) is 6.07 Å². The minimum atomic E-state index is -1.60. The first-order valence-electron chi connectivity index (χ1n) is 8.51. The lowest BCUT2D eigenvalue weighted by Gasteiger charge is -2.55. The Bertz CT molecular complexity index is 733. The highest BCUT2D eigenvalue weighted by molar-refractivity contribution is 5.57. The molecule has 4 atom stereocenters. The predicted molar refractivity (Wildman–Crippen MR) is 88.0 cm³/mol. The van der Waals surface area contributed by atoms with Crippen LogP contribution in [-0.2, 0) is 4.74 Å². The number of rotatable bonds is 4. The molecule has 4 aliphatic heterocycles. The first kappa shape index (κ1) is 16.7. The standard InChI is InChI=1S/C17H22FN5O2/c1-16(2,24)10-25-17(22-8-12-5-13(9-22)21-12)4-3-14-11(6-19)7-20-23(14)15(17)18/h3-4,7,12-13,15,21,24H,5,8-10H2,1-2H3. The Morgan fingerprint density at radius 3 is 2.80 bits per heavy atom. The van der Waals surface area contributed by atoms with Crippen molar-refractivity contribution in [3.05, 3.63) is 23.5 Å². The van der Waals surface area contributed by atoms with Gasteiger partial charge < -0.3 is 15.2 Å². The normalized spacial score (nSPS) is 34.3. The van der Waals surface area contributed by atoms with Crippen molar-refractivity contribution in [2.75, 3.05) is 19.7 Å². The Morgan fingerprint density at radius 2 is 2.20 bits per heavy atom. The average Bonchev–Trinajstić information content (AvgIpc) is 2.97. The summed E-state index contributed by atoms with van der Waals surface area (Å²) in [5.41, 5.74) is -1.65. The van der Waals surface area contributed by atoms with Crippen LogP contribution < -0.4 is 5.32 Å². The number of halogens is 1. The molecule has 134 valence electrons. The van der Waals surface area contributed by atoms with Crippen LogP contribution in [0, 0.1) is 11.3 Å². The SMILES string of the molecule is CC(C)(O)COC1(N2CC3CC(C2)N3)C=Cc2c(C#N)cnn2C1F. The fraction of sp³-hybridized carbons (Fsp3) is 0.647. The second-order valence-corrected chi connectivity index (χ2v) is 7.72. The second-order valence-electron chi connectivity index (χ2n) is 7.72. The van der Waals surface area contributed by atoms with E-state index in [2.05, 4.69) is 10.4 Å². The molecular formula is C17H22FN5O2. The quantitative estimate of drug-likeness (QED) is 0.837. The van der Waals surface area contributed by atoms with E-state index in [0.717, 1.165) is 6.42 Å². The van der Waals surface area contributed by atoms with E-state index in [-0.39, 0.29) is 6.61 Å². The zero-order valence-corrected chi connectivity index (χ0v) is 14.3. The number of nitriles is 1. The second kappa shape index (κ2) is 5.61. The number of ether oxygens (including phenoxy) is 1. The summed E-state index contributed by atoms with van der Waals surface area (Å²) in [6.45, 7) is 4.56. The van der Waals surface area contributed by atoms with Crippen LogP contribution in [0.5, 0.6) is 0 Å². The van der Waals surface area contributed by atoms with Crippen LogP contribution in [0.3, 0.4) is 0 Å². The fourth-order valence-corrected chi connectivity index (χ4v) is 3.81. The fourth-order valence-electron chi connectivity index (χ4n) is 3.81. The van der Waals surface area contributed by atoms with Gasteiger partial charge in [-0.3, -0.25) is 4.90 Å². The van der Waals surface area contributed by atoms with Crippen LogP contribution in [-0.4, -0.2) is 62.9 Å². The van der Waals surface area contributed by atoms with Crippen molar-refractivity contribution >= 4 is 6.08 Å². The number of fused-ring (bicyclic) bond motifs is 3. The van der Waals surface area contributed by atoms with Gasteiger partial charge in [0.2, 0.25) is 6.30 Å². The van der Waals surface area contributed by atoms with Gasteiger partial charge in [0, 0.05) is 25.2 Å². The molecule has 0 amide bonds. The molecule has 8 heteroatoms. The van der Waals surface area contributed by atoms with E-state index < -0.39 is 17.6 Å². The molecule has 3 saturated heterocycles. The van der Waals surface area contributed by atoms with Gasteiger partial charge in [0.25, 0.3) is 0 Å². The molecule has 4 aliphatic rings. The average molecular weight is 347 g/mol. The molecule has 2 N–H and O–H groups in total. The Hall–Kier alpha value is -1.79. The molecule has 7 nitrogen and oxygen atoms in total. The van der Waals surface area contributed by atoms with Crippen molar-refractivity contribution < 1.29 is 14.2 Å². The third-order valence-corrected chi connectivity index (χ3v) is 5.06. The van der Waals surface area contributed by atoms with Gasteiger partial charge >= 0.3 is 0 Å². The highest BCUT2D eigenvalue weighted by Gasteiger charge is 2.53. The Morgan fingerprint density at radius 1 is 1.52 bits per heavy atom. The highest BCUT2D eigenvalue weighted by Crippen LogP contribution is 2.41. The van der Waals surface area contributed by atoms with Crippen molar-refractivity contribution in [1.82, 2.24) is 20.0 Å². The van der Waals surface area contributed by atoms with Gasteiger partial charge in [-0.2, -0.15) is 10.4 Å². The lowest BCUT2D eigenvalue weighted by atomic mass is 9.88. The number of alkyl halides is 1. The summed E-state index contributed by atoms with van der Waals surface area (Å²) in [4.78, 5) is 1.98. The molecule has 3 fully saturated rings. The maximum atomic E-state index is 15.6. The van der Waals surface area contributed by atoms with Gasteiger partial charge in [-0.1, -0.05) is 0 Å². The molecule has 1 aromatic rings. The molecule has 0 radical (unpaired) electrons. The van der Waals surface area contributed by atoms with Crippen LogP contribution in [0.25, 0.3) is 6.08 Å². The Balaban J connectivity index is 1.70. The molecular weight excluding hydrogens is 325 g/mol. The molecule has 0 saturated carbocycles. The molecule has 0 aromatic carbocycles. The molecule has 1 aromatic heterocycles. The first-order chi connectivity index (χ1) is 11.8. The van der Waals surface area contributed by atoms with E-state index in [1.165, 1.54) is 10.9 Å². The van der Waals surface area contributed by atoms with Crippen LogP contribution >= 0.6 is 0 Å². The van der Waals surface area contributed by atoms with Crippen molar-refractivity contribution in [2.24, 2.45) is 0 Å². The zero-order chi connectivity index (χ0) is 17.8. The lowest BCUT2D eigenvalue weighted by molar-refractivity contribution is -0.223. The topological polar surface area (TPSA) is 86.3 Å². The van der Waals surface area contributed by atoms with Crippen molar-refractivity contribution in [3.63, 3.8) is 0 Å². The molecule has 4 unspecified atom stereocenters. The number of nitrogens with one attached hydrogen (secondary N) is 1. The van der Waals surface area contributed by atoms with E-state index in [1.54, 1.807) is 26.0 Å². The Labute approximate surface area is 145 Å². The maximum absolute atomic E-state index is 15.6. The third kappa shape index (κ3) is 2.68. The number of aromatic nitrogens is 2. The predicted octanol–water partition coefficient (Wildman–Crippen LogP) is 0.780. The minimum absolute atomic E-state index is 0.0151. The van der Waals surface area contributed by atoms with Crippen LogP contribution in [0.1, 0.15) is 37.8 Å². The van der Waals surface area contributed by atoms with Gasteiger partial charge in [0.05, 0.1) is 29.7 Å². The number of nitrogens with zero attached hydrogens (tertiary/aromatic N) is 4. The Kier molecular flexibility index (Phi) is 3.74. The van der Waals surface area contributed by atoms with Crippen molar-refractivity contribution in [1.29, 1.82) is 5.26 Å². The van der Waals surface area contributed by atoms with Gasteiger partial charge in [-0.05, 0) is 32.4 Å². The van der Waals surface area contributed by atoms with E-state index >= 15 is 4.39 Å². The largest absolute Gasteiger partial charge is 0.388 e. The summed E-state index contributed by atoms with van der Waals surface area (Å²) in [7, 11) is 0. The summed E-state index contributed by atoms with van der Waals surface area (Å²) >= 11 is 0. The van der Waals surface area contributed by atoms with Crippen LogP contribution in [0.2, 0.25) is 0 Å². The van der Waals surface area contributed by atoms with Crippen molar-refractivity contribution in [2.45, 2.75) is 50.0 Å². The first-order valence-corrected chi connectivity index (χ1v) is 8.51. The smallest absolute Gasteiger partial charge is 0.238 e. The van der Waals surface area contributed by atoms with Gasteiger partial charge in [-0.15, -0.1) is 0 Å². The monoisotopic (exact) mass is 347 g/mol. The minimum Gasteiger partial charge on any atom is -0.388 e. The van der Waals surface area contributed by atoms with Gasteiger partial charge in [0.15, 0.2) is 5.72 Å². The maximum Gasteiger partial charge on any atom is 0.238 e. The summed E-state index contributed by atoms with van der Waals surface area (Å²) in [5.74, 6) is 0. The summed E-state index contributed by atoms with van der Waals surface area (Å²) in [6, 6.07) is 2.69. The van der Waals surface area contributed by atoms with Crippen molar-refractivity contribution in [3.8, 4) is 6.07 Å². The number of hydrogen-bond donors (Lipinski definition) is 2. The van der Waals surface area contributed by atoms with E-state index in [4.69, 9.17) is 10.00 Å². The lowest BCUT2D eigenvalue weighted by Crippen LogP contribution is -2.72. The highest BCUT2D eigenvalue weighted by atomic mass is 19.1. The summed E-state index contributed by atoms with van der Waals surface area (Å²) in [5, 5.41) is 26.7.